The van der Waals surface area contributed by atoms with Crippen molar-refractivity contribution < 1.29 is 36.8 Å². The maximum Gasteiger partial charge on any atom is 0.655 e. The van der Waals surface area contributed by atoms with Gasteiger partial charge in [-0.1, -0.05) is 44.2 Å². The van der Waals surface area contributed by atoms with E-state index in [0.717, 1.165) is 12.1 Å². The lowest BCUT2D eigenvalue weighted by Crippen LogP contribution is -2.49. The zero-order valence-electron chi connectivity index (χ0n) is 27.6. The zero-order valence-corrected chi connectivity index (χ0v) is 27.6. The third-order valence-corrected chi connectivity index (χ3v) is 8.66. The van der Waals surface area contributed by atoms with E-state index in [-0.39, 0.29) is 48.0 Å². The van der Waals surface area contributed by atoms with E-state index in [4.69, 9.17) is 19.0 Å². The lowest BCUT2D eigenvalue weighted by atomic mass is 9.80. The van der Waals surface area contributed by atoms with Crippen molar-refractivity contribution in [3.05, 3.63) is 100 Å². The number of aromatic nitrogens is 2. The van der Waals surface area contributed by atoms with Crippen molar-refractivity contribution in [3.63, 3.8) is 0 Å². The van der Waals surface area contributed by atoms with Gasteiger partial charge in [-0.2, -0.15) is 13.2 Å². The number of amides is 2. The first-order chi connectivity index (χ1) is 23.9. The third kappa shape index (κ3) is 6.98. The molecule has 2 unspecified atom stereocenters. The molecule has 2 atom stereocenters. The molecule has 6 rings (SSSR count). The van der Waals surface area contributed by atoms with E-state index in [9.17, 15) is 27.6 Å². The van der Waals surface area contributed by atoms with Gasteiger partial charge in [0.05, 0.1) is 12.7 Å². The highest BCUT2D eigenvalue weighted by Crippen LogP contribution is 2.42. The lowest BCUT2D eigenvalue weighted by molar-refractivity contribution is -0.137. The molecule has 0 radical (unpaired) electrons. The summed E-state index contributed by atoms with van der Waals surface area (Å²) in [4.78, 5) is 46.5. The fourth-order valence-corrected chi connectivity index (χ4v) is 6.26. The van der Waals surface area contributed by atoms with Crippen LogP contribution in [0.25, 0.3) is 0 Å². The summed E-state index contributed by atoms with van der Waals surface area (Å²) in [5, 5.41) is 8.69. The minimum atomic E-state index is -4.56. The Morgan fingerprint density at radius 2 is 1.78 bits per heavy atom. The molecule has 11 nitrogen and oxygen atoms in total. The summed E-state index contributed by atoms with van der Waals surface area (Å²) >= 11 is 0. The number of alkyl halides is 3. The number of methoxy groups -OCH3 is 1. The average molecular weight is 690 g/mol. The minimum Gasteiger partial charge on any atom is -0.518 e. The third-order valence-electron chi connectivity index (χ3n) is 8.66. The number of para-hydroxylation sites is 2. The summed E-state index contributed by atoms with van der Waals surface area (Å²) < 4.78 is 59.1. The number of carbonyl (C=O) groups is 2. The maximum atomic E-state index is 14.6. The maximum absolute atomic E-state index is 14.6. The Kier molecular flexibility index (Phi) is 9.50. The van der Waals surface area contributed by atoms with Crippen molar-refractivity contribution in [2.75, 3.05) is 24.3 Å². The fraction of sp³-hybridized carbons (Fsp3) is 0.314. The summed E-state index contributed by atoms with van der Waals surface area (Å²) in [5.74, 6) is 0.717. The molecular formula is C35H35BF3N5O6. The molecule has 1 aromatic heterocycles. The molecule has 0 spiro atoms. The van der Waals surface area contributed by atoms with Gasteiger partial charge in [-0.15, -0.1) is 0 Å². The Labute approximate surface area is 286 Å². The van der Waals surface area contributed by atoms with Gasteiger partial charge in [-0.05, 0) is 54.8 Å². The molecular weight excluding hydrogens is 654 g/mol. The second-order valence-corrected chi connectivity index (χ2v) is 12.5. The van der Waals surface area contributed by atoms with Crippen molar-refractivity contribution in [1.82, 2.24) is 14.9 Å². The number of fused-ring (bicyclic) bond motifs is 2. The van der Waals surface area contributed by atoms with Crippen molar-refractivity contribution >= 4 is 35.9 Å². The van der Waals surface area contributed by atoms with Gasteiger partial charge in [0, 0.05) is 36.7 Å². The van der Waals surface area contributed by atoms with Gasteiger partial charge in [0.15, 0.2) is 0 Å². The highest BCUT2D eigenvalue weighted by molar-refractivity contribution is 6.64. The molecule has 3 aromatic carbocycles. The number of anilines is 2. The summed E-state index contributed by atoms with van der Waals surface area (Å²) in [6.45, 7) is 3.83. The largest absolute Gasteiger partial charge is 0.655 e. The number of nitrogens with zero attached hydrogens (tertiary/aromatic N) is 2. The molecule has 0 saturated carbocycles. The Morgan fingerprint density at radius 1 is 1.06 bits per heavy atom. The molecule has 0 fully saturated rings. The van der Waals surface area contributed by atoms with Crippen molar-refractivity contribution in [3.8, 4) is 17.2 Å². The molecule has 3 heterocycles. The summed E-state index contributed by atoms with van der Waals surface area (Å²) in [6, 6.07) is 17.4. The predicted molar refractivity (Wildman–Crippen MR) is 181 cm³/mol. The number of hydrogen-bond acceptors (Lipinski definition) is 8. The smallest absolute Gasteiger partial charge is 0.518 e. The molecule has 4 aromatic rings. The molecule has 50 heavy (non-hydrogen) atoms. The van der Waals surface area contributed by atoms with E-state index in [1.54, 1.807) is 55.5 Å². The molecule has 0 saturated heterocycles. The monoisotopic (exact) mass is 689 g/mol. The van der Waals surface area contributed by atoms with Crippen LogP contribution in [0.5, 0.6) is 17.2 Å². The van der Waals surface area contributed by atoms with E-state index < -0.39 is 41.8 Å². The van der Waals surface area contributed by atoms with E-state index in [1.807, 2.05) is 6.92 Å². The van der Waals surface area contributed by atoms with Crippen LogP contribution in [0.4, 0.5) is 24.5 Å². The van der Waals surface area contributed by atoms with Crippen LogP contribution >= 0.6 is 0 Å². The van der Waals surface area contributed by atoms with Gasteiger partial charge in [0.2, 0.25) is 11.8 Å². The average Bonchev–Trinajstić information content (AvgIpc) is 3.65. The number of nitrogens with one attached hydrogen (secondary N) is 3. The quantitative estimate of drug-likeness (QED) is 0.191. The van der Waals surface area contributed by atoms with Crippen LogP contribution in [0.2, 0.25) is 0 Å². The normalized spacial score (nSPS) is 17.6. The van der Waals surface area contributed by atoms with Gasteiger partial charge in [0.25, 0.3) is 5.56 Å². The number of carbonyl (C=O) groups excluding carboxylic acids is 2. The first-order valence-electron chi connectivity index (χ1n) is 16.1. The van der Waals surface area contributed by atoms with Gasteiger partial charge in [-0.3, -0.25) is 19.0 Å². The van der Waals surface area contributed by atoms with Crippen LogP contribution in [0.15, 0.2) is 77.6 Å². The van der Waals surface area contributed by atoms with Crippen LogP contribution in [0.3, 0.4) is 0 Å². The van der Waals surface area contributed by atoms with Crippen LogP contribution in [-0.2, 0) is 27.7 Å². The van der Waals surface area contributed by atoms with Crippen LogP contribution < -0.4 is 41.1 Å². The number of benzene rings is 3. The molecule has 0 aliphatic carbocycles. The van der Waals surface area contributed by atoms with Crippen molar-refractivity contribution in [2.24, 2.45) is 0 Å². The molecule has 260 valence electrons. The predicted octanol–water partition coefficient (Wildman–Crippen LogP) is 4.81. The Balaban J connectivity index is 1.42. The second-order valence-electron chi connectivity index (χ2n) is 12.5. The topological polar surface area (TPSA) is 133 Å². The molecule has 2 amide bonds. The van der Waals surface area contributed by atoms with Gasteiger partial charge < -0.3 is 30.0 Å². The van der Waals surface area contributed by atoms with Crippen LogP contribution in [0, 0.1) is 0 Å². The standard InChI is InChI=1S/C35H35BF3N5O6/c1-4-15-40-31(46)25-18-34(2,19-28(45)42-23-11-8-12-24(17-23)48-3)33-43-30(36-49-26-13-5-6-14-27(26)50-36)29(32(47)44(25)33)41-20-21-9-7-10-22(16-21)35(37,38)39/h5-14,16-17,25,41H,4,15,18-20H2,1-3H3,(H,40,46)(H,42,45). The molecule has 3 N–H and O–H groups in total. The van der Waals surface area contributed by atoms with Crippen molar-refractivity contribution in [1.29, 1.82) is 0 Å². The molecule has 15 heteroatoms. The summed E-state index contributed by atoms with van der Waals surface area (Å²) in [5.41, 5.74) is -1.94. The Morgan fingerprint density at radius 3 is 2.46 bits per heavy atom. The Hall–Kier alpha value is -5.47. The zero-order chi connectivity index (χ0) is 35.6. The van der Waals surface area contributed by atoms with Gasteiger partial charge in [-0.25, -0.2) is 4.98 Å². The first kappa shape index (κ1) is 34.4. The second kappa shape index (κ2) is 13.8. The van der Waals surface area contributed by atoms with E-state index in [1.165, 1.54) is 23.8 Å². The van der Waals surface area contributed by atoms with Crippen LogP contribution in [0.1, 0.15) is 56.1 Å². The number of hydrogen-bond donors (Lipinski definition) is 3. The first-order valence-corrected chi connectivity index (χ1v) is 16.1. The fourth-order valence-electron chi connectivity index (χ4n) is 6.26. The SMILES string of the molecule is CCCNC(=O)C1CC(C)(CC(=O)Nc2cccc(OC)c2)c2nc(B3Oc4ccccc4O3)c(NCc3cccc(C(F)(F)F)c3)c(=O)n21. The van der Waals surface area contributed by atoms with E-state index in [0.29, 0.717) is 35.9 Å². The van der Waals surface area contributed by atoms with Crippen molar-refractivity contribution in [2.45, 2.75) is 57.3 Å². The minimum absolute atomic E-state index is 0.0264. The van der Waals surface area contributed by atoms with E-state index in [2.05, 4.69) is 16.0 Å². The summed E-state index contributed by atoms with van der Waals surface area (Å²) in [7, 11) is 0.305. The Bertz CT molecular complexity index is 1960. The molecule has 0 bridgehead atoms. The number of halogens is 3. The number of rotatable bonds is 11. The summed E-state index contributed by atoms with van der Waals surface area (Å²) in [6.07, 6.45) is -3.98. The van der Waals surface area contributed by atoms with Crippen LogP contribution in [-0.4, -0.2) is 42.1 Å². The molecule has 2 aliphatic rings. The highest BCUT2D eigenvalue weighted by Gasteiger charge is 2.50. The molecule has 2 aliphatic heterocycles. The number of ether oxygens (including phenoxy) is 1. The van der Waals surface area contributed by atoms with Gasteiger partial charge in [0.1, 0.15) is 40.4 Å². The lowest BCUT2D eigenvalue weighted by Gasteiger charge is -2.24. The van der Waals surface area contributed by atoms with E-state index >= 15 is 0 Å². The highest BCUT2D eigenvalue weighted by atomic mass is 19.4. The van der Waals surface area contributed by atoms with Gasteiger partial charge >= 0.3 is 13.3 Å².